The summed E-state index contributed by atoms with van der Waals surface area (Å²) in [5.41, 5.74) is 3.61. The molecule has 0 fully saturated rings. The quantitative estimate of drug-likeness (QED) is 0.668. The number of hydrazine groups is 1. The van der Waals surface area contributed by atoms with Crippen molar-refractivity contribution in [2.24, 2.45) is 5.84 Å². The lowest BCUT2D eigenvalue weighted by Gasteiger charge is -2.20. The topological polar surface area (TPSA) is 77.0 Å². The lowest BCUT2D eigenvalue weighted by Crippen LogP contribution is -2.30. The SMILES string of the molecule is CC(C)(C)c1nnsc1C(NN)c1occc1Br. The Kier molecular flexibility index (Phi) is 3.86. The number of furan rings is 1. The highest BCUT2D eigenvalue weighted by atomic mass is 79.9. The van der Waals surface area contributed by atoms with Crippen molar-refractivity contribution in [3.63, 3.8) is 0 Å². The average Bonchev–Trinajstić information content (AvgIpc) is 2.89. The number of nitrogens with one attached hydrogen (secondary N) is 1. The largest absolute Gasteiger partial charge is 0.466 e. The minimum atomic E-state index is -0.247. The summed E-state index contributed by atoms with van der Waals surface area (Å²) >= 11 is 4.77. The van der Waals surface area contributed by atoms with E-state index in [0.29, 0.717) is 0 Å². The van der Waals surface area contributed by atoms with Gasteiger partial charge in [0.2, 0.25) is 0 Å². The third kappa shape index (κ3) is 2.49. The fourth-order valence-corrected chi connectivity index (χ4v) is 3.04. The summed E-state index contributed by atoms with van der Waals surface area (Å²) in [6.07, 6.45) is 1.62. The van der Waals surface area contributed by atoms with Gasteiger partial charge in [0, 0.05) is 5.41 Å². The van der Waals surface area contributed by atoms with Crippen LogP contribution in [0.3, 0.4) is 0 Å². The van der Waals surface area contributed by atoms with Gasteiger partial charge in [-0.1, -0.05) is 25.3 Å². The van der Waals surface area contributed by atoms with E-state index in [0.717, 1.165) is 20.8 Å². The fraction of sp³-hybridized carbons (Fsp3) is 0.455. The van der Waals surface area contributed by atoms with Crippen molar-refractivity contribution in [1.82, 2.24) is 15.0 Å². The number of aromatic nitrogens is 2. The molecule has 0 aliphatic carbocycles. The molecule has 0 aromatic carbocycles. The summed E-state index contributed by atoms with van der Waals surface area (Å²) in [5.74, 6) is 6.39. The highest BCUT2D eigenvalue weighted by Gasteiger charge is 2.30. The molecule has 2 aromatic heterocycles. The van der Waals surface area contributed by atoms with Crippen LogP contribution in [0.25, 0.3) is 0 Å². The molecule has 0 bridgehead atoms. The molecule has 1 atom stereocenters. The lowest BCUT2D eigenvalue weighted by atomic mass is 9.90. The van der Waals surface area contributed by atoms with E-state index in [-0.39, 0.29) is 11.5 Å². The van der Waals surface area contributed by atoms with Crippen molar-refractivity contribution in [2.45, 2.75) is 32.2 Å². The maximum Gasteiger partial charge on any atom is 0.141 e. The van der Waals surface area contributed by atoms with Gasteiger partial charge < -0.3 is 4.42 Å². The van der Waals surface area contributed by atoms with Crippen LogP contribution in [0.15, 0.2) is 21.2 Å². The molecule has 2 rings (SSSR count). The van der Waals surface area contributed by atoms with E-state index in [4.69, 9.17) is 10.3 Å². The van der Waals surface area contributed by atoms with Gasteiger partial charge in [0.25, 0.3) is 0 Å². The molecule has 98 valence electrons. The van der Waals surface area contributed by atoms with Crippen LogP contribution in [0.5, 0.6) is 0 Å². The standard InChI is InChI=1S/C11H15BrN4OS/c1-11(2,3)10-9(18-16-15-10)7(14-13)8-6(12)4-5-17-8/h4-5,7,14H,13H2,1-3H3. The molecule has 0 aliphatic rings. The summed E-state index contributed by atoms with van der Waals surface area (Å²) in [6, 6.07) is 1.59. The Morgan fingerprint density at radius 1 is 1.50 bits per heavy atom. The van der Waals surface area contributed by atoms with Crippen LogP contribution in [0.4, 0.5) is 0 Å². The van der Waals surface area contributed by atoms with Crippen LogP contribution in [-0.4, -0.2) is 9.59 Å². The minimum Gasteiger partial charge on any atom is -0.466 e. The van der Waals surface area contributed by atoms with E-state index in [1.807, 2.05) is 6.07 Å². The zero-order valence-corrected chi connectivity index (χ0v) is 12.8. The predicted molar refractivity (Wildman–Crippen MR) is 74.2 cm³/mol. The first kappa shape index (κ1) is 13.7. The zero-order chi connectivity index (χ0) is 13.3. The fourth-order valence-electron chi connectivity index (χ4n) is 1.69. The molecule has 0 saturated heterocycles. The number of nitrogens with two attached hydrogens (primary N) is 1. The van der Waals surface area contributed by atoms with E-state index in [1.54, 1.807) is 6.26 Å². The van der Waals surface area contributed by atoms with E-state index in [1.165, 1.54) is 11.5 Å². The Morgan fingerprint density at radius 3 is 2.72 bits per heavy atom. The van der Waals surface area contributed by atoms with E-state index in [2.05, 4.69) is 51.7 Å². The summed E-state index contributed by atoms with van der Waals surface area (Å²) in [7, 11) is 0. The molecule has 7 heteroatoms. The molecular weight excluding hydrogens is 316 g/mol. The van der Waals surface area contributed by atoms with Gasteiger partial charge in [-0.15, -0.1) is 5.10 Å². The smallest absolute Gasteiger partial charge is 0.141 e. The van der Waals surface area contributed by atoms with E-state index in [9.17, 15) is 0 Å². The zero-order valence-electron chi connectivity index (χ0n) is 10.4. The molecule has 0 aliphatic heterocycles. The monoisotopic (exact) mass is 330 g/mol. The van der Waals surface area contributed by atoms with Crippen LogP contribution >= 0.6 is 27.5 Å². The summed E-state index contributed by atoms with van der Waals surface area (Å²) in [4.78, 5) is 0.973. The van der Waals surface area contributed by atoms with Crippen molar-refractivity contribution in [1.29, 1.82) is 0 Å². The molecule has 0 saturated carbocycles. The number of hydrogen-bond acceptors (Lipinski definition) is 6. The summed E-state index contributed by atoms with van der Waals surface area (Å²) < 4.78 is 10.4. The molecule has 0 spiro atoms. The van der Waals surface area contributed by atoms with Crippen molar-refractivity contribution < 1.29 is 4.42 Å². The second-order valence-corrected chi connectivity index (χ2v) is 6.61. The number of nitrogens with zero attached hydrogens (tertiary/aromatic N) is 2. The van der Waals surface area contributed by atoms with Gasteiger partial charge in [0.15, 0.2) is 0 Å². The maximum atomic E-state index is 5.66. The van der Waals surface area contributed by atoms with Crippen LogP contribution in [-0.2, 0) is 5.41 Å². The van der Waals surface area contributed by atoms with Gasteiger partial charge >= 0.3 is 0 Å². The molecule has 2 heterocycles. The molecule has 2 aromatic rings. The second-order valence-electron chi connectivity index (χ2n) is 4.97. The minimum absolute atomic E-state index is 0.0868. The van der Waals surface area contributed by atoms with Gasteiger partial charge in [0.05, 0.1) is 21.3 Å². The highest BCUT2D eigenvalue weighted by Crippen LogP contribution is 2.36. The molecule has 18 heavy (non-hydrogen) atoms. The molecule has 0 radical (unpaired) electrons. The Labute approximate surface area is 118 Å². The Balaban J connectivity index is 2.47. The Morgan fingerprint density at radius 2 is 2.22 bits per heavy atom. The first-order valence-corrected chi connectivity index (χ1v) is 7.03. The van der Waals surface area contributed by atoms with Crippen LogP contribution in [0, 0.1) is 0 Å². The summed E-state index contributed by atoms with van der Waals surface area (Å²) in [6.45, 7) is 6.29. The molecule has 1 unspecified atom stereocenters. The normalized spacial score (nSPS) is 13.8. The average molecular weight is 331 g/mol. The number of halogens is 1. The lowest BCUT2D eigenvalue weighted by molar-refractivity contribution is 0.445. The van der Waals surface area contributed by atoms with E-state index >= 15 is 0 Å². The number of hydrogen-bond donors (Lipinski definition) is 2. The third-order valence-electron chi connectivity index (χ3n) is 2.56. The van der Waals surface area contributed by atoms with Crippen molar-refractivity contribution in [2.75, 3.05) is 0 Å². The van der Waals surface area contributed by atoms with Crippen molar-refractivity contribution in [3.8, 4) is 0 Å². The van der Waals surface area contributed by atoms with Gasteiger partial charge in [-0.2, -0.15) is 0 Å². The summed E-state index contributed by atoms with van der Waals surface area (Å²) in [5, 5.41) is 4.21. The van der Waals surface area contributed by atoms with Crippen LogP contribution in [0.1, 0.15) is 43.1 Å². The third-order valence-corrected chi connectivity index (χ3v) is 4.00. The van der Waals surface area contributed by atoms with Crippen molar-refractivity contribution in [3.05, 3.63) is 33.1 Å². The van der Waals surface area contributed by atoms with Crippen LogP contribution < -0.4 is 11.3 Å². The number of rotatable bonds is 3. The second kappa shape index (κ2) is 5.08. The van der Waals surface area contributed by atoms with Gasteiger partial charge in [0.1, 0.15) is 11.8 Å². The first-order chi connectivity index (χ1) is 8.45. The van der Waals surface area contributed by atoms with Gasteiger partial charge in [-0.25, -0.2) is 5.43 Å². The Hall–Kier alpha value is -0.760. The van der Waals surface area contributed by atoms with Crippen molar-refractivity contribution >= 4 is 27.5 Å². The maximum absolute atomic E-state index is 5.66. The van der Waals surface area contributed by atoms with E-state index < -0.39 is 0 Å². The van der Waals surface area contributed by atoms with Crippen LogP contribution in [0.2, 0.25) is 0 Å². The molecule has 0 amide bonds. The molecule has 5 nitrogen and oxygen atoms in total. The van der Waals surface area contributed by atoms with Gasteiger partial charge in [-0.3, -0.25) is 5.84 Å². The molecule has 3 N–H and O–H groups in total. The van der Waals surface area contributed by atoms with Gasteiger partial charge in [-0.05, 0) is 33.5 Å². The predicted octanol–water partition coefficient (Wildman–Crippen LogP) is 2.74. The molecular formula is C11H15BrN4OS. The highest BCUT2D eigenvalue weighted by molar-refractivity contribution is 9.10. The Bertz CT molecular complexity index is 531. The first-order valence-electron chi connectivity index (χ1n) is 5.47.